The summed E-state index contributed by atoms with van der Waals surface area (Å²) >= 11 is 0. The van der Waals surface area contributed by atoms with E-state index in [1.165, 1.54) is 4.57 Å². The highest BCUT2D eigenvalue weighted by molar-refractivity contribution is 5.73. The first-order chi connectivity index (χ1) is 13.9. The fourth-order valence-electron chi connectivity index (χ4n) is 3.55. The van der Waals surface area contributed by atoms with E-state index in [0.29, 0.717) is 17.6 Å². The van der Waals surface area contributed by atoms with Crippen molar-refractivity contribution in [1.29, 1.82) is 0 Å². The lowest BCUT2D eigenvalue weighted by Crippen LogP contribution is -2.41. The Bertz CT molecular complexity index is 1320. The fourth-order valence-corrected chi connectivity index (χ4v) is 3.55. The molecule has 2 heterocycles. The van der Waals surface area contributed by atoms with Gasteiger partial charge in [-0.15, -0.1) is 0 Å². The summed E-state index contributed by atoms with van der Waals surface area (Å²) in [6.07, 6.45) is 1.59. The van der Waals surface area contributed by atoms with E-state index in [0.717, 1.165) is 27.8 Å². The third kappa shape index (κ3) is 3.63. The van der Waals surface area contributed by atoms with E-state index < -0.39 is 0 Å². The van der Waals surface area contributed by atoms with E-state index in [2.05, 4.69) is 23.2 Å². The lowest BCUT2D eigenvalue weighted by atomic mass is 10.1. The largest absolute Gasteiger partial charge is 0.332 e. The number of nitrogens with zero attached hydrogens (tertiary/aromatic N) is 3. The summed E-state index contributed by atoms with van der Waals surface area (Å²) in [7, 11) is 0. The fraction of sp³-hybridized carbons (Fsp3) is 0.208. The zero-order chi connectivity index (χ0) is 20.5. The second-order valence-corrected chi connectivity index (χ2v) is 7.55. The zero-order valence-electron chi connectivity index (χ0n) is 16.8. The summed E-state index contributed by atoms with van der Waals surface area (Å²) in [6, 6.07) is 17.6. The van der Waals surface area contributed by atoms with Crippen molar-refractivity contribution in [3.05, 3.63) is 109 Å². The van der Waals surface area contributed by atoms with Crippen molar-refractivity contribution in [3.63, 3.8) is 0 Å². The minimum absolute atomic E-state index is 0.220. The Balaban J connectivity index is 1.91. The molecule has 0 fully saturated rings. The summed E-state index contributed by atoms with van der Waals surface area (Å²) in [5.74, 6) is 0. The highest BCUT2D eigenvalue weighted by Crippen LogP contribution is 2.14. The number of hydrogen-bond donors (Lipinski definition) is 0. The van der Waals surface area contributed by atoms with Crippen LogP contribution in [0.2, 0.25) is 0 Å². The molecular formula is C24H23N3O2. The Morgan fingerprint density at radius 2 is 1.55 bits per heavy atom. The molecule has 0 aliphatic rings. The van der Waals surface area contributed by atoms with Crippen molar-refractivity contribution >= 4 is 11.0 Å². The molecule has 146 valence electrons. The average molecular weight is 385 g/mol. The van der Waals surface area contributed by atoms with Crippen molar-refractivity contribution in [1.82, 2.24) is 14.1 Å². The number of pyridine rings is 1. The molecule has 0 spiro atoms. The van der Waals surface area contributed by atoms with Crippen molar-refractivity contribution < 1.29 is 0 Å². The van der Waals surface area contributed by atoms with Gasteiger partial charge in [0, 0.05) is 6.20 Å². The van der Waals surface area contributed by atoms with Gasteiger partial charge in [0.2, 0.25) is 0 Å². The Morgan fingerprint density at radius 1 is 0.828 bits per heavy atom. The maximum absolute atomic E-state index is 13.4. The predicted molar refractivity (Wildman–Crippen MR) is 116 cm³/mol. The first-order valence-electron chi connectivity index (χ1n) is 9.64. The number of hydrogen-bond acceptors (Lipinski definition) is 3. The minimum atomic E-state index is -0.358. The molecule has 4 aromatic rings. The van der Waals surface area contributed by atoms with Crippen LogP contribution in [0.15, 0.2) is 70.4 Å². The molecule has 0 unspecified atom stereocenters. The maximum Gasteiger partial charge on any atom is 0.332 e. The lowest BCUT2D eigenvalue weighted by Gasteiger charge is -2.15. The van der Waals surface area contributed by atoms with E-state index >= 15 is 0 Å². The van der Waals surface area contributed by atoms with Crippen LogP contribution in [0, 0.1) is 20.8 Å². The van der Waals surface area contributed by atoms with Gasteiger partial charge in [0.15, 0.2) is 5.52 Å². The number of fused-ring (bicyclic) bond motifs is 1. The SMILES string of the molecule is Cc1ccc(Cn2c(=O)c3ncccc3n(Cc3cc(C)ccc3C)c2=O)cc1. The van der Waals surface area contributed by atoms with Gasteiger partial charge < -0.3 is 0 Å². The molecule has 0 saturated carbocycles. The first kappa shape index (κ1) is 18.9. The first-order valence-corrected chi connectivity index (χ1v) is 9.64. The number of aromatic nitrogens is 3. The van der Waals surface area contributed by atoms with Crippen LogP contribution in [0.1, 0.15) is 27.8 Å². The van der Waals surface area contributed by atoms with Gasteiger partial charge in [-0.25, -0.2) is 9.78 Å². The average Bonchev–Trinajstić information content (AvgIpc) is 2.72. The van der Waals surface area contributed by atoms with Gasteiger partial charge >= 0.3 is 5.69 Å². The van der Waals surface area contributed by atoms with Crippen LogP contribution in [0.5, 0.6) is 0 Å². The Kier molecular flexibility index (Phi) is 4.89. The van der Waals surface area contributed by atoms with Crippen molar-refractivity contribution in [2.75, 3.05) is 0 Å². The van der Waals surface area contributed by atoms with Crippen molar-refractivity contribution in [2.24, 2.45) is 0 Å². The number of benzene rings is 2. The Hall–Kier alpha value is -3.47. The minimum Gasteiger partial charge on any atom is -0.287 e. The summed E-state index contributed by atoms with van der Waals surface area (Å²) < 4.78 is 2.94. The molecule has 5 heteroatoms. The highest BCUT2D eigenvalue weighted by Gasteiger charge is 2.15. The highest BCUT2D eigenvalue weighted by atomic mass is 16.2. The standard InChI is InChI=1S/C24H23N3O2/c1-16-7-10-19(11-8-16)14-27-23(28)22-21(5-4-12-25-22)26(24(27)29)15-20-13-17(2)6-9-18(20)3/h4-13H,14-15H2,1-3H3. The van der Waals surface area contributed by atoms with Gasteiger partial charge in [0.25, 0.3) is 5.56 Å². The number of rotatable bonds is 4. The molecule has 0 aliphatic carbocycles. The molecule has 5 nitrogen and oxygen atoms in total. The topological polar surface area (TPSA) is 56.9 Å². The van der Waals surface area contributed by atoms with Gasteiger partial charge in [0.05, 0.1) is 18.6 Å². The van der Waals surface area contributed by atoms with Crippen molar-refractivity contribution in [3.8, 4) is 0 Å². The maximum atomic E-state index is 13.4. The van der Waals surface area contributed by atoms with Crippen LogP contribution in [0.25, 0.3) is 11.0 Å². The molecule has 0 saturated heterocycles. The van der Waals surface area contributed by atoms with Crippen LogP contribution in [0.3, 0.4) is 0 Å². The van der Waals surface area contributed by atoms with Crippen LogP contribution < -0.4 is 11.2 Å². The van der Waals surface area contributed by atoms with E-state index in [9.17, 15) is 9.59 Å². The molecule has 0 atom stereocenters. The van der Waals surface area contributed by atoms with Gasteiger partial charge in [-0.3, -0.25) is 13.9 Å². The lowest BCUT2D eigenvalue weighted by molar-refractivity contribution is 0.632. The van der Waals surface area contributed by atoms with Crippen LogP contribution in [-0.2, 0) is 13.1 Å². The van der Waals surface area contributed by atoms with E-state index in [1.54, 1.807) is 22.9 Å². The van der Waals surface area contributed by atoms with Crippen molar-refractivity contribution in [2.45, 2.75) is 33.9 Å². The van der Waals surface area contributed by atoms with E-state index in [-0.39, 0.29) is 17.8 Å². The summed E-state index contributed by atoms with van der Waals surface area (Å²) in [6.45, 7) is 6.68. The summed E-state index contributed by atoms with van der Waals surface area (Å²) in [5.41, 5.74) is 5.52. The molecule has 4 rings (SSSR count). The predicted octanol–water partition coefficient (Wildman–Crippen LogP) is 3.58. The molecule has 0 bridgehead atoms. The smallest absolute Gasteiger partial charge is 0.287 e. The zero-order valence-corrected chi connectivity index (χ0v) is 16.8. The van der Waals surface area contributed by atoms with Gasteiger partial charge in [-0.1, -0.05) is 53.6 Å². The molecular weight excluding hydrogens is 362 g/mol. The van der Waals surface area contributed by atoms with Crippen LogP contribution in [0.4, 0.5) is 0 Å². The monoisotopic (exact) mass is 385 g/mol. The molecule has 0 amide bonds. The van der Waals surface area contributed by atoms with Crippen LogP contribution in [-0.4, -0.2) is 14.1 Å². The normalized spacial score (nSPS) is 11.1. The van der Waals surface area contributed by atoms with Crippen LogP contribution >= 0.6 is 0 Å². The van der Waals surface area contributed by atoms with E-state index in [1.807, 2.05) is 45.0 Å². The summed E-state index contributed by atoms with van der Waals surface area (Å²) in [5, 5.41) is 0. The third-order valence-corrected chi connectivity index (χ3v) is 5.28. The Morgan fingerprint density at radius 3 is 2.31 bits per heavy atom. The molecule has 0 N–H and O–H groups in total. The van der Waals surface area contributed by atoms with Gasteiger partial charge in [-0.05, 0) is 49.6 Å². The number of aryl methyl sites for hydroxylation is 3. The molecule has 2 aromatic heterocycles. The molecule has 0 radical (unpaired) electrons. The quantitative estimate of drug-likeness (QED) is 0.540. The summed E-state index contributed by atoms with van der Waals surface area (Å²) in [4.78, 5) is 30.7. The van der Waals surface area contributed by atoms with E-state index in [4.69, 9.17) is 0 Å². The van der Waals surface area contributed by atoms with Gasteiger partial charge in [-0.2, -0.15) is 0 Å². The third-order valence-electron chi connectivity index (χ3n) is 5.28. The molecule has 0 aliphatic heterocycles. The molecule has 29 heavy (non-hydrogen) atoms. The second-order valence-electron chi connectivity index (χ2n) is 7.55. The second kappa shape index (κ2) is 7.51. The Labute approximate surface area is 168 Å². The van der Waals surface area contributed by atoms with Gasteiger partial charge in [0.1, 0.15) is 0 Å². The molecule has 2 aromatic carbocycles.